The number of aliphatic hydroxyl groups is 1. The summed E-state index contributed by atoms with van der Waals surface area (Å²) in [5.41, 5.74) is 4.61. The van der Waals surface area contributed by atoms with E-state index in [2.05, 4.69) is 30.5 Å². The standard InChI is InChI=1S/C21H26N2O3/c1-15-13-19-20(14-16(15)2)23(21(22-19)9-11-24)10-4-12-26-18-7-5-17(25-3)6-8-18/h5-8,13-14,24H,4,9-12H2,1-3H3. The van der Waals surface area contributed by atoms with Crippen LogP contribution in [0.4, 0.5) is 0 Å². The predicted octanol–water partition coefficient (Wildman–Crippen LogP) is 3.67. The molecular weight excluding hydrogens is 328 g/mol. The predicted molar refractivity (Wildman–Crippen MR) is 103 cm³/mol. The summed E-state index contributed by atoms with van der Waals surface area (Å²) >= 11 is 0. The highest BCUT2D eigenvalue weighted by Gasteiger charge is 2.11. The van der Waals surface area contributed by atoms with Crippen LogP contribution in [0.5, 0.6) is 11.5 Å². The Morgan fingerprint density at radius 1 is 1.04 bits per heavy atom. The SMILES string of the molecule is COc1ccc(OCCCn2c(CCO)nc3cc(C)c(C)cc32)cc1. The van der Waals surface area contributed by atoms with E-state index in [9.17, 15) is 5.11 Å². The topological polar surface area (TPSA) is 56.5 Å². The maximum atomic E-state index is 9.35. The van der Waals surface area contributed by atoms with Crippen molar-refractivity contribution in [3.8, 4) is 11.5 Å². The molecule has 0 aliphatic carbocycles. The second-order valence-corrected chi connectivity index (χ2v) is 6.46. The van der Waals surface area contributed by atoms with E-state index in [1.54, 1.807) is 7.11 Å². The number of aryl methyl sites for hydroxylation is 3. The molecule has 0 saturated heterocycles. The van der Waals surface area contributed by atoms with Gasteiger partial charge in [0.1, 0.15) is 17.3 Å². The Hall–Kier alpha value is -2.53. The summed E-state index contributed by atoms with van der Waals surface area (Å²) in [5.74, 6) is 2.59. The number of nitrogens with zero attached hydrogens (tertiary/aromatic N) is 2. The number of benzene rings is 2. The van der Waals surface area contributed by atoms with Crippen molar-refractivity contribution in [2.24, 2.45) is 0 Å². The zero-order chi connectivity index (χ0) is 18.5. The Labute approximate surface area is 154 Å². The van der Waals surface area contributed by atoms with E-state index in [0.717, 1.165) is 41.3 Å². The van der Waals surface area contributed by atoms with Gasteiger partial charge in [-0.25, -0.2) is 4.98 Å². The van der Waals surface area contributed by atoms with Crippen molar-refractivity contribution in [1.29, 1.82) is 0 Å². The van der Waals surface area contributed by atoms with Crippen LogP contribution in [0.1, 0.15) is 23.4 Å². The summed E-state index contributed by atoms with van der Waals surface area (Å²) in [6.45, 7) is 5.75. The minimum absolute atomic E-state index is 0.101. The van der Waals surface area contributed by atoms with Crippen LogP contribution in [0.3, 0.4) is 0 Å². The summed E-state index contributed by atoms with van der Waals surface area (Å²) < 4.78 is 13.2. The Balaban J connectivity index is 1.68. The van der Waals surface area contributed by atoms with Crippen LogP contribution in [0.15, 0.2) is 36.4 Å². The average Bonchev–Trinajstić information content (AvgIpc) is 2.96. The molecule has 0 bridgehead atoms. The fraction of sp³-hybridized carbons (Fsp3) is 0.381. The van der Waals surface area contributed by atoms with E-state index in [-0.39, 0.29) is 6.61 Å². The molecule has 3 aromatic rings. The Kier molecular flexibility index (Phi) is 5.78. The number of hydrogen-bond donors (Lipinski definition) is 1. The normalized spacial score (nSPS) is 11.1. The molecule has 0 spiro atoms. The smallest absolute Gasteiger partial charge is 0.119 e. The number of hydrogen-bond acceptors (Lipinski definition) is 4. The van der Waals surface area contributed by atoms with Crippen LogP contribution in [-0.4, -0.2) is 35.0 Å². The van der Waals surface area contributed by atoms with E-state index in [0.29, 0.717) is 13.0 Å². The lowest BCUT2D eigenvalue weighted by molar-refractivity contribution is 0.289. The van der Waals surface area contributed by atoms with Gasteiger partial charge in [-0.15, -0.1) is 0 Å². The van der Waals surface area contributed by atoms with E-state index in [4.69, 9.17) is 14.5 Å². The number of methoxy groups -OCH3 is 1. The van der Waals surface area contributed by atoms with Crippen molar-refractivity contribution in [3.05, 3.63) is 53.3 Å². The zero-order valence-electron chi connectivity index (χ0n) is 15.7. The average molecular weight is 354 g/mol. The van der Waals surface area contributed by atoms with Crippen LogP contribution in [0.2, 0.25) is 0 Å². The number of ether oxygens (including phenoxy) is 2. The van der Waals surface area contributed by atoms with Crippen LogP contribution < -0.4 is 9.47 Å². The van der Waals surface area contributed by atoms with E-state index in [1.807, 2.05) is 24.3 Å². The van der Waals surface area contributed by atoms with Gasteiger partial charge in [-0.05, 0) is 67.8 Å². The van der Waals surface area contributed by atoms with Crippen LogP contribution in [-0.2, 0) is 13.0 Å². The molecule has 0 saturated carbocycles. The molecular formula is C21H26N2O3. The van der Waals surface area contributed by atoms with Gasteiger partial charge in [0.25, 0.3) is 0 Å². The van der Waals surface area contributed by atoms with Crippen LogP contribution >= 0.6 is 0 Å². The molecule has 0 amide bonds. The van der Waals surface area contributed by atoms with Gasteiger partial charge in [0.15, 0.2) is 0 Å². The molecule has 26 heavy (non-hydrogen) atoms. The lowest BCUT2D eigenvalue weighted by atomic mass is 10.1. The second-order valence-electron chi connectivity index (χ2n) is 6.46. The van der Waals surface area contributed by atoms with Crippen molar-refractivity contribution in [2.45, 2.75) is 33.2 Å². The first-order chi connectivity index (χ1) is 12.6. The Morgan fingerprint density at radius 2 is 1.73 bits per heavy atom. The maximum absolute atomic E-state index is 9.35. The van der Waals surface area contributed by atoms with Crippen LogP contribution in [0.25, 0.3) is 11.0 Å². The first-order valence-corrected chi connectivity index (χ1v) is 8.96. The number of rotatable bonds is 8. The summed E-state index contributed by atoms with van der Waals surface area (Å²) in [7, 11) is 1.65. The molecule has 5 nitrogen and oxygen atoms in total. The summed E-state index contributed by atoms with van der Waals surface area (Å²) in [6, 6.07) is 11.9. The summed E-state index contributed by atoms with van der Waals surface area (Å²) in [4.78, 5) is 4.71. The van der Waals surface area contributed by atoms with E-state index in [1.165, 1.54) is 11.1 Å². The van der Waals surface area contributed by atoms with Gasteiger partial charge < -0.3 is 19.1 Å². The van der Waals surface area contributed by atoms with Crippen molar-refractivity contribution in [1.82, 2.24) is 9.55 Å². The highest BCUT2D eigenvalue weighted by molar-refractivity contribution is 5.78. The van der Waals surface area contributed by atoms with Gasteiger partial charge in [-0.2, -0.15) is 0 Å². The fourth-order valence-corrected chi connectivity index (χ4v) is 3.05. The largest absolute Gasteiger partial charge is 0.497 e. The van der Waals surface area contributed by atoms with Gasteiger partial charge >= 0.3 is 0 Å². The molecule has 0 atom stereocenters. The van der Waals surface area contributed by atoms with E-state index >= 15 is 0 Å². The Morgan fingerprint density at radius 3 is 2.42 bits per heavy atom. The molecule has 0 aliphatic heterocycles. The van der Waals surface area contributed by atoms with Gasteiger partial charge in [0.05, 0.1) is 31.4 Å². The number of fused-ring (bicyclic) bond motifs is 1. The van der Waals surface area contributed by atoms with Crippen molar-refractivity contribution in [3.63, 3.8) is 0 Å². The molecule has 1 heterocycles. The quantitative estimate of drug-likeness (QED) is 0.627. The van der Waals surface area contributed by atoms with Crippen molar-refractivity contribution >= 4 is 11.0 Å². The first kappa shape index (κ1) is 18.3. The third-order valence-corrected chi connectivity index (χ3v) is 4.63. The second kappa shape index (κ2) is 8.23. The molecule has 1 aromatic heterocycles. The minimum Gasteiger partial charge on any atom is -0.497 e. The third kappa shape index (κ3) is 3.99. The number of aromatic nitrogens is 2. The molecule has 0 fully saturated rings. The van der Waals surface area contributed by atoms with Gasteiger partial charge in [-0.1, -0.05) is 0 Å². The van der Waals surface area contributed by atoms with Crippen molar-refractivity contribution < 1.29 is 14.6 Å². The maximum Gasteiger partial charge on any atom is 0.119 e. The fourth-order valence-electron chi connectivity index (χ4n) is 3.05. The minimum atomic E-state index is 0.101. The zero-order valence-corrected chi connectivity index (χ0v) is 15.7. The summed E-state index contributed by atoms with van der Waals surface area (Å²) in [5, 5.41) is 9.35. The van der Waals surface area contributed by atoms with Gasteiger partial charge in [0.2, 0.25) is 0 Å². The van der Waals surface area contributed by atoms with Gasteiger partial charge in [0, 0.05) is 13.0 Å². The van der Waals surface area contributed by atoms with Crippen LogP contribution in [0, 0.1) is 13.8 Å². The monoisotopic (exact) mass is 354 g/mol. The molecule has 0 unspecified atom stereocenters. The molecule has 0 aliphatic rings. The number of aliphatic hydroxyl groups excluding tert-OH is 1. The Bertz CT molecular complexity index is 869. The van der Waals surface area contributed by atoms with E-state index < -0.39 is 0 Å². The molecule has 3 rings (SSSR count). The van der Waals surface area contributed by atoms with Gasteiger partial charge in [-0.3, -0.25) is 0 Å². The first-order valence-electron chi connectivity index (χ1n) is 8.96. The highest BCUT2D eigenvalue weighted by Crippen LogP contribution is 2.22. The molecule has 2 aromatic carbocycles. The van der Waals surface area contributed by atoms with Crippen molar-refractivity contribution in [2.75, 3.05) is 20.3 Å². The molecule has 1 N–H and O–H groups in total. The number of imidazole rings is 1. The molecule has 5 heteroatoms. The molecule has 138 valence electrons. The highest BCUT2D eigenvalue weighted by atomic mass is 16.5. The summed E-state index contributed by atoms with van der Waals surface area (Å²) in [6.07, 6.45) is 1.43. The third-order valence-electron chi connectivity index (χ3n) is 4.63. The lowest BCUT2D eigenvalue weighted by Gasteiger charge is -2.11. The lowest BCUT2D eigenvalue weighted by Crippen LogP contribution is -2.09. The molecule has 0 radical (unpaired) electrons.